The fourth-order valence-corrected chi connectivity index (χ4v) is 9.20. The van der Waals surface area contributed by atoms with Crippen molar-refractivity contribution in [2.45, 2.75) is 112 Å². The Labute approximate surface area is 586 Å². The molecule has 0 aromatic heterocycles. The lowest BCUT2D eigenvalue weighted by atomic mass is 10.1. The molecule has 0 fully saturated rings. The van der Waals surface area contributed by atoms with E-state index in [0.717, 1.165) is 55.6 Å². The van der Waals surface area contributed by atoms with Crippen LogP contribution in [0, 0.1) is 142 Å². The summed E-state index contributed by atoms with van der Waals surface area (Å²) in [7, 11) is -1.03. The summed E-state index contributed by atoms with van der Waals surface area (Å²) >= 11 is 16.2. The van der Waals surface area contributed by atoms with Crippen LogP contribution in [0.4, 0.5) is 0 Å². The van der Waals surface area contributed by atoms with Crippen LogP contribution in [0.25, 0.3) is 0 Å². The van der Waals surface area contributed by atoms with Crippen LogP contribution in [0.3, 0.4) is 0 Å². The molecule has 0 radical (unpaired) electrons. The molecule has 6 rings (SSSR count). The largest absolute Gasteiger partial charge is 0.392 e. The number of aliphatic hydroxyl groups is 4. The van der Waals surface area contributed by atoms with Gasteiger partial charge in [0.05, 0.1) is 26.4 Å². The molecule has 92 heavy (non-hydrogen) atoms. The molecule has 0 saturated carbocycles. The summed E-state index contributed by atoms with van der Waals surface area (Å²) in [6.45, 7) is 26.5. The highest BCUT2D eigenvalue weighted by molar-refractivity contribution is 8.59. The van der Waals surface area contributed by atoms with Crippen LogP contribution in [0.2, 0.25) is 78.6 Å². The van der Waals surface area contributed by atoms with E-state index < -0.39 is 32.3 Å². The zero-order chi connectivity index (χ0) is 68.7. The lowest BCUT2D eigenvalue weighted by Crippen LogP contribution is -2.16. The molecule has 15 heteroatoms. The summed E-state index contributed by atoms with van der Waals surface area (Å²) in [6.07, 6.45) is 10.2. The quantitative estimate of drug-likeness (QED) is 0.103. The Morgan fingerprint density at radius 1 is 0.315 bits per heavy atom. The normalized spacial score (nSPS) is 8.67. The zero-order valence-corrected chi connectivity index (χ0v) is 63.4. The molecular formula is C77H80O4S7Si4. The van der Waals surface area contributed by atoms with E-state index in [4.69, 9.17) is 33.3 Å². The molecule has 0 aliphatic heterocycles. The van der Waals surface area contributed by atoms with Crippen LogP contribution in [0.1, 0.15) is 63.1 Å². The number of hydrogen-bond donors (Lipinski definition) is 4. The second-order valence-corrected chi connectivity index (χ2v) is 46.5. The fraction of sp³-hybridized carbons (Fsp3) is 0.221. The van der Waals surface area contributed by atoms with Crippen LogP contribution < -0.4 is 0 Å². The van der Waals surface area contributed by atoms with Crippen molar-refractivity contribution in [1.29, 1.82) is 0 Å². The third kappa shape index (κ3) is 56.3. The van der Waals surface area contributed by atoms with Gasteiger partial charge in [0.25, 0.3) is 0 Å². The average molecular weight is 1410 g/mol. The molecule has 0 aliphatic rings. The van der Waals surface area contributed by atoms with Gasteiger partial charge in [0.2, 0.25) is 0 Å². The van der Waals surface area contributed by atoms with E-state index in [2.05, 4.69) is 252 Å². The van der Waals surface area contributed by atoms with Crippen molar-refractivity contribution in [2.24, 2.45) is 0 Å². The molecule has 0 aliphatic carbocycles. The molecule has 6 aromatic carbocycles. The summed E-state index contributed by atoms with van der Waals surface area (Å²) in [5.41, 5.74) is 21.4. The van der Waals surface area contributed by atoms with Crippen LogP contribution in [-0.4, -0.2) is 52.7 Å². The standard InChI is InChI=1S/C21H12O.2C14H16OSi.C13H14Si.C9H8O.C5H10Si.CH4.S5.S2/c22-18-21-16-14-20(15-17-21)13-7-4-2-1-3-6-10-19-11-8-5-9-12-19;2*1-16(2,3)11-5-4-6-13-7-9-14(12-15)10-8-13;1-14(2,3)12-8-7-11-13-9-5-4-6-10-13;1-2-8-3-5-9(7-10)6-4-8;1-5-6(2,3)4;;1-3-5-4-2;1-2/h5,8-9,11-12,14-17,22H,18H2;2*7-10,15H,12H2,1-3H3;4-6,9-10H,1-3H3;1,3-6,10H,7H2;1H,2-4H3;1H4;;. The van der Waals surface area contributed by atoms with Gasteiger partial charge in [-0.3, -0.25) is 0 Å². The minimum Gasteiger partial charge on any atom is -0.392 e. The predicted octanol–water partition coefficient (Wildman–Crippen LogP) is 13.6. The van der Waals surface area contributed by atoms with Crippen molar-refractivity contribution in [3.05, 3.63) is 213 Å². The first-order chi connectivity index (χ1) is 43.3. The maximum Gasteiger partial charge on any atom is 0.130 e. The highest BCUT2D eigenvalue weighted by Crippen LogP contribution is 2.06. The van der Waals surface area contributed by atoms with E-state index in [-0.39, 0.29) is 33.9 Å². The Morgan fingerprint density at radius 2 is 0.522 bits per heavy atom. The maximum absolute atomic E-state index is 8.93. The minimum absolute atomic E-state index is 0. The summed E-state index contributed by atoms with van der Waals surface area (Å²) in [6, 6.07) is 49.3. The van der Waals surface area contributed by atoms with Gasteiger partial charge in [-0.15, -0.1) is 35.0 Å². The van der Waals surface area contributed by atoms with Gasteiger partial charge in [0.1, 0.15) is 32.3 Å². The highest BCUT2D eigenvalue weighted by atomic mass is 33.3. The highest BCUT2D eigenvalue weighted by Gasteiger charge is 2.08. The number of benzene rings is 6. The van der Waals surface area contributed by atoms with Crippen LogP contribution in [0.15, 0.2) is 158 Å². The van der Waals surface area contributed by atoms with Gasteiger partial charge in [-0.2, -0.15) is 0 Å². The van der Waals surface area contributed by atoms with Crippen molar-refractivity contribution in [1.82, 2.24) is 0 Å². The van der Waals surface area contributed by atoms with Crippen LogP contribution in [-0.2, 0) is 97.8 Å². The Bertz CT molecular complexity index is 3950. The van der Waals surface area contributed by atoms with Gasteiger partial charge in [-0.1, -0.05) is 206 Å². The van der Waals surface area contributed by atoms with E-state index in [9.17, 15) is 0 Å². The maximum atomic E-state index is 8.93. The molecule has 4 nitrogen and oxygen atoms in total. The van der Waals surface area contributed by atoms with E-state index in [1.165, 1.54) is 26.6 Å². The molecular weight excluding hydrogens is 1330 g/mol. The predicted molar refractivity (Wildman–Crippen MR) is 424 cm³/mol. The molecule has 470 valence electrons. The Kier molecular flexibility index (Phi) is 52.9. The topological polar surface area (TPSA) is 80.9 Å². The number of aliphatic hydroxyl groups excluding tert-OH is 4. The van der Waals surface area contributed by atoms with Crippen LogP contribution in [0.5, 0.6) is 0 Å². The van der Waals surface area contributed by atoms with Gasteiger partial charge < -0.3 is 20.4 Å². The van der Waals surface area contributed by atoms with Crippen molar-refractivity contribution in [3.63, 3.8) is 0 Å². The Balaban J connectivity index is -0.00000104. The molecule has 0 bridgehead atoms. The van der Waals surface area contributed by atoms with Crippen molar-refractivity contribution < 1.29 is 20.4 Å². The fourth-order valence-electron chi connectivity index (χ4n) is 5.14. The Morgan fingerprint density at radius 3 is 0.707 bits per heavy atom. The van der Waals surface area contributed by atoms with E-state index in [1.807, 2.05) is 158 Å². The second-order valence-electron chi connectivity index (χ2n) is 22.1. The van der Waals surface area contributed by atoms with Crippen LogP contribution >= 0.6 is 0 Å². The second kappa shape index (κ2) is 55.0. The third-order valence-corrected chi connectivity index (χ3v) is 17.5. The molecule has 0 unspecified atom stereocenters. The van der Waals surface area contributed by atoms with E-state index in [0.29, 0.717) is 0 Å². The Hall–Kier alpha value is -7.71. The van der Waals surface area contributed by atoms with Crippen molar-refractivity contribution >= 4 is 104 Å². The summed E-state index contributed by atoms with van der Waals surface area (Å²) in [5, 5.41) is 35.3. The molecule has 4 N–H and O–H groups in total. The first-order valence-electron chi connectivity index (χ1n) is 27.7. The smallest absolute Gasteiger partial charge is 0.130 e. The lowest BCUT2D eigenvalue weighted by molar-refractivity contribution is 0.281. The van der Waals surface area contributed by atoms with Gasteiger partial charge >= 0.3 is 0 Å². The molecule has 6 aromatic rings. The third-order valence-electron chi connectivity index (χ3n) is 9.60. The average Bonchev–Trinajstić information content (AvgIpc) is 3.76. The van der Waals surface area contributed by atoms with Crippen molar-refractivity contribution in [2.75, 3.05) is 0 Å². The lowest BCUT2D eigenvalue weighted by Gasteiger charge is -2.01. The first kappa shape index (κ1) is 88.5. The number of rotatable bonds is 4. The van der Waals surface area contributed by atoms with Gasteiger partial charge in [-0.05, 0) is 166 Å². The van der Waals surface area contributed by atoms with E-state index >= 15 is 0 Å². The summed E-state index contributed by atoms with van der Waals surface area (Å²) in [5.74, 6) is 50.7. The number of terminal acetylenes is 2. The molecule has 0 heterocycles. The molecule has 0 saturated heterocycles. The monoisotopic (exact) mass is 1400 g/mol. The van der Waals surface area contributed by atoms with E-state index in [1.54, 1.807) is 0 Å². The minimum atomic E-state index is -1.31. The summed E-state index contributed by atoms with van der Waals surface area (Å²) < 4.78 is 0. The van der Waals surface area contributed by atoms with Gasteiger partial charge in [-0.25, -0.2) is 0 Å². The van der Waals surface area contributed by atoms with Gasteiger partial charge in [0.15, 0.2) is 0 Å². The molecule has 0 spiro atoms. The molecule has 0 amide bonds. The van der Waals surface area contributed by atoms with Gasteiger partial charge in [0, 0.05) is 105 Å². The van der Waals surface area contributed by atoms with Crippen molar-refractivity contribution in [3.8, 4) is 142 Å². The first-order valence-corrected chi connectivity index (χ1v) is 48.4. The zero-order valence-electron chi connectivity index (χ0n) is 53.6. The molecule has 0 atom stereocenters. The number of hydrogen-bond acceptors (Lipinski definition) is 8. The SMILES string of the molecule is C.C#C[Si](C)(C)C.C#Cc1ccc(CO)cc1.C[Si](C)(C)C#CC#Cc1ccc(CO)cc1.C[Si](C)(C)C#CC#Cc1ccc(CO)cc1.C[Si](C)(C)C#CC#Cc1ccccc1.OCc1ccc(C#CC#CC#CC#Cc2ccccc2)cc1.S=S.S=S=S=S=S. The summed E-state index contributed by atoms with van der Waals surface area (Å²) in [4.78, 5) is 0.